The highest BCUT2D eigenvalue weighted by Gasteiger charge is 2.29. The molecule has 0 aliphatic rings. The number of ketones is 1. The van der Waals surface area contributed by atoms with E-state index in [4.69, 9.17) is 0 Å². The Morgan fingerprint density at radius 2 is 1.66 bits per heavy atom. The second-order valence-electron chi connectivity index (χ2n) is 9.39. The number of amides is 2. The van der Waals surface area contributed by atoms with Crippen molar-refractivity contribution in [2.75, 3.05) is 20.2 Å². The summed E-state index contributed by atoms with van der Waals surface area (Å²) in [4.78, 5) is 50.0. The van der Waals surface area contributed by atoms with Gasteiger partial charge in [0.1, 0.15) is 6.04 Å². The van der Waals surface area contributed by atoms with Gasteiger partial charge in [0.25, 0.3) is 5.91 Å². The third-order valence-corrected chi connectivity index (χ3v) is 6.71. The van der Waals surface area contributed by atoms with Crippen LogP contribution in [-0.2, 0) is 27.4 Å². The van der Waals surface area contributed by atoms with Gasteiger partial charge in [0.2, 0.25) is 5.78 Å². The fourth-order valence-corrected chi connectivity index (χ4v) is 4.44. The molecule has 2 heterocycles. The molecule has 10 nitrogen and oxygen atoms in total. The first-order chi connectivity index (χ1) is 19.9. The van der Waals surface area contributed by atoms with Crippen LogP contribution in [0.15, 0.2) is 85.2 Å². The maximum Gasteiger partial charge on any atom is 0.313 e. The molecule has 0 aliphatic heterocycles. The molecule has 1 atom stereocenters. The van der Waals surface area contributed by atoms with E-state index in [0.717, 1.165) is 36.5 Å². The number of benzene rings is 2. The highest BCUT2D eigenvalue weighted by Crippen LogP contribution is 2.21. The Bertz CT molecular complexity index is 1470. The molecule has 0 aliphatic carbocycles. The number of nitrogens with zero attached hydrogens (tertiary/aromatic N) is 4. The summed E-state index contributed by atoms with van der Waals surface area (Å²) in [6.45, 7) is 7.16. The van der Waals surface area contributed by atoms with Crippen LogP contribution in [0.1, 0.15) is 35.3 Å². The molecule has 0 saturated heterocycles. The van der Waals surface area contributed by atoms with E-state index in [-0.39, 0.29) is 12.0 Å². The van der Waals surface area contributed by atoms with Gasteiger partial charge in [-0.05, 0) is 42.4 Å². The number of pyridine rings is 1. The molecule has 0 spiro atoms. The molecule has 0 fully saturated rings. The maximum atomic E-state index is 13.5. The standard InChI is InChI=1S/C31H34N6O4/c1-4-36(5-2)21-23-13-15-24(16-14-23)26-17-19-37(34-26)29-25(12-9-18-32-29)30(39)33-27(28(38)31(40)35-41-3)20-22-10-7-6-8-11-22/h6-19,27H,4-5,20-21H2,1-3H3,(H,33,39)(H,35,40)/t27-/m1/s1. The lowest BCUT2D eigenvalue weighted by molar-refractivity contribution is -0.145. The lowest BCUT2D eigenvalue weighted by atomic mass is 10.0. The number of Topliss-reactive ketones (excluding diaryl/α,β-unsaturated/α-hetero) is 1. The first-order valence-electron chi connectivity index (χ1n) is 13.5. The fraction of sp³-hybridized carbons (Fsp3) is 0.258. The summed E-state index contributed by atoms with van der Waals surface area (Å²) in [5.41, 5.74) is 5.90. The number of nitrogens with one attached hydrogen (secondary N) is 2. The summed E-state index contributed by atoms with van der Waals surface area (Å²) in [5, 5.41) is 7.38. The Hall–Kier alpha value is -4.67. The normalized spacial score (nSPS) is 11.7. The van der Waals surface area contributed by atoms with Crippen molar-refractivity contribution in [3.8, 4) is 17.1 Å². The SMILES string of the molecule is CCN(CC)Cc1ccc(-c2ccn(-c3ncccc3C(=O)N[C@H](Cc3ccccc3)C(=O)C(=O)NOC)n2)cc1. The Morgan fingerprint density at radius 3 is 2.34 bits per heavy atom. The van der Waals surface area contributed by atoms with Crippen LogP contribution in [-0.4, -0.2) is 63.5 Å². The number of aromatic nitrogens is 3. The number of hydroxylamine groups is 1. The lowest BCUT2D eigenvalue weighted by Gasteiger charge is -2.18. The van der Waals surface area contributed by atoms with Gasteiger partial charge in [-0.25, -0.2) is 15.1 Å². The molecule has 4 aromatic rings. The Kier molecular flexibility index (Phi) is 10.1. The summed E-state index contributed by atoms with van der Waals surface area (Å²) in [7, 11) is 1.23. The van der Waals surface area contributed by atoms with E-state index in [9.17, 15) is 14.4 Å². The van der Waals surface area contributed by atoms with Crippen LogP contribution in [0.25, 0.3) is 17.1 Å². The van der Waals surface area contributed by atoms with Crippen molar-refractivity contribution in [3.63, 3.8) is 0 Å². The minimum absolute atomic E-state index is 0.119. The number of hydrogen-bond acceptors (Lipinski definition) is 7. The van der Waals surface area contributed by atoms with Gasteiger partial charge in [-0.1, -0.05) is 68.4 Å². The third kappa shape index (κ3) is 7.50. The smallest absolute Gasteiger partial charge is 0.313 e. The lowest BCUT2D eigenvalue weighted by Crippen LogP contribution is -2.48. The summed E-state index contributed by atoms with van der Waals surface area (Å²) in [6.07, 6.45) is 3.42. The average Bonchev–Trinajstić information content (AvgIpc) is 3.50. The molecular weight excluding hydrogens is 520 g/mol. The maximum absolute atomic E-state index is 13.5. The van der Waals surface area contributed by atoms with Gasteiger partial charge in [0.05, 0.1) is 18.4 Å². The molecule has 0 unspecified atom stereocenters. The first kappa shape index (κ1) is 29.3. The largest absolute Gasteiger partial charge is 0.341 e. The van der Waals surface area contributed by atoms with Crippen LogP contribution in [0.3, 0.4) is 0 Å². The highest BCUT2D eigenvalue weighted by molar-refractivity contribution is 6.38. The molecule has 2 amide bonds. The van der Waals surface area contributed by atoms with Gasteiger partial charge in [-0.3, -0.25) is 24.1 Å². The predicted molar refractivity (Wildman–Crippen MR) is 155 cm³/mol. The number of hydrogen-bond donors (Lipinski definition) is 2. The summed E-state index contributed by atoms with van der Waals surface area (Å²) in [5.74, 6) is -2.06. The van der Waals surface area contributed by atoms with E-state index in [1.165, 1.54) is 17.4 Å². The van der Waals surface area contributed by atoms with Crippen LogP contribution < -0.4 is 10.8 Å². The van der Waals surface area contributed by atoms with Crippen molar-refractivity contribution in [1.82, 2.24) is 30.5 Å². The van der Waals surface area contributed by atoms with Crippen LogP contribution in [0.4, 0.5) is 0 Å². The van der Waals surface area contributed by atoms with Gasteiger partial charge in [-0.2, -0.15) is 5.10 Å². The van der Waals surface area contributed by atoms with Gasteiger partial charge < -0.3 is 5.32 Å². The predicted octanol–water partition coefficient (Wildman–Crippen LogP) is 3.36. The third-order valence-electron chi connectivity index (χ3n) is 6.71. The summed E-state index contributed by atoms with van der Waals surface area (Å²) < 4.78 is 1.53. The zero-order valence-corrected chi connectivity index (χ0v) is 23.4. The van der Waals surface area contributed by atoms with Crippen molar-refractivity contribution in [2.24, 2.45) is 0 Å². The molecule has 0 bridgehead atoms. The molecule has 2 aromatic carbocycles. The monoisotopic (exact) mass is 554 g/mol. The topological polar surface area (TPSA) is 118 Å². The zero-order valence-electron chi connectivity index (χ0n) is 23.4. The number of carbonyl (C=O) groups is 3. The van der Waals surface area contributed by atoms with Crippen LogP contribution in [0, 0.1) is 0 Å². The summed E-state index contributed by atoms with van der Waals surface area (Å²) in [6, 6.07) is 21.3. The van der Waals surface area contributed by atoms with Gasteiger partial charge >= 0.3 is 5.91 Å². The second kappa shape index (κ2) is 14.1. The van der Waals surface area contributed by atoms with Gasteiger partial charge in [0, 0.05) is 30.9 Å². The van der Waals surface area contributed by atoms with Gasteiger partial charge in [0.15, 0.2) is 5.82 Å². The quantitative estimate of drug-likeness (QED) is 0.192. The van der Waals surface area contributed by atoms with Crippen LogP contribution >= 0.6 is 0 Å². The number of carbonyl (C=O) groups excluding carboxylic acids is 3. The molecule has 4 rings (SSSR count). The van der Waals surface area contributed by atoms with Crippen molar-refractivity contribution in [2.45, 2.75) is 32.9 Å². The Morgan fingerprint density at radius 1 is 0.927 bits per heavy atom. The molecule has 0 saturated carbocycles. The van der Waals surface area contributed by atoms with Gasteiger partial charge in [-0.15, -0.1) is 0 Å². The van der Waals surface area contributed by atoms with Crippen molar-refractivity contribution >= 4 is 17.6 Å². The fourth-order valence-electron chi connectivity index (χ4n) is 4.44. The molecule has 2 N–H and O–H groups in total. The van der Waals surface area contributed by atoms with Crippen molar-refractivity contribution in [1.29, 1.82) is 0 Å². The van der Waals surface area contributed by atoms with E-state index in [1.54, 1.807) is 24.5 Å². The molecule has 41 heavy (non-hydrogen) atoms. The van der Waals surface area contributed by atoms with E-state index in [0.29, 0.717) is 5.82 Å². The highest BCUT2D eigenvalue weighted by atomic mass is 16.6. The Balaban J connectivity index is 1.55. The molecule has 0 radical (unpaired) electrons. The second-order valence-corrected chi connectivity index (χ2v) is 9.39. The minimum Gasteiger partial charge on any atom is -0.341 e. The number of rotatable bonds is 13. The molecular formula is C31H34N6O4. The Labute approximate surface area is 239 Å². The van der Waals surface area contributed by atoms with E-state index < -0.39 is 23.6 Å². The minimum atomic E-state index is -1.13. The van der Waals surface area contributed by atoms with E-state index in [2.05, 4.69) is 51.1 Å². The zero-order chi connectivity index (χ0) is 29.2. The van der Waals surface area contributed by atoms with Crippen molar-refractivity contribution < 1.29 is 19.2 Å². The molecule has 10 heteroatoms. The van der Waals surface area contributed by atoms with E-state index in [1.807, 2.05) is 54.0 Å². The first-order valence-corrected chi connectivity index (χ1v) is 13.5. The van der Waals surface area contributed by atoms with Crippen LogP contribution in [0.2, 0.25) is 0 Å². The molecule has 2 aromatic heterocycles. The molecule has 212 valence electrons. The average molecular weight is 555 g/mol. The van der Waals surface area contributed by atoms with E-state index >= 15 is 0 Å². The van der Waals surface area contributed by atoms with Crippen LogP contribution in [0.5, 0.6) is 0 Å². The van der Waals surface area contributed by atoms with Crippen molar-refractivity contribution in [3.05, 3.63) is 102 Å². The summed E-state index contributed by atoms with van der Waals surface area (Å²) >= 11 is 0.